The van der Waals surface area contributed by atoms with Gasteiger partial charge in [-0.25, -0.2) is 0 Å². The number of rotatable bonds is 5. The third-order valence-electron chi connectivity index (χ3n) is 7.09. The van der Waals surface area contributed by atoms with Crippen LogP contribution in [-0.2, 0) is 6.42 Å². The van der Waals surface area contributed by atoms with Crippen molar-refractivity contribution in [3.63, 3.8) is 0 Å². The summed E-state index contributed by atoms with van der Waals surface area (Å²) < 4.78 is 0. The molecule has 0 radical (unpaired) electrons. The number of hydrogen-bond acceptors (Lipinski definition) is 1. The molecule has 0 N–H and O–H groups in total. The highest BCUT2D eigenvalue weighted by Gasteiger charge is 2.18. The number of benzene rings is 5. The van der Waals surface area contributed by atoms with Gasteiger partial charge in [0.2, 0.25) is 0 Å². The molecule has 0 amide bonds. The Morgan fingerprint density at radius 3 is 1.80 bits per heavy atom. The minimum Gasteiger partial charge on any atom is -0.311 e. The molecule has 0 fully saturated rings. The summed E-state index contributed by atoms with van der Waals surface area (Å²) in [5.41, 5.74) is 12.9. The van der Waals surface area contributed by atoms with Crippen molar-refractivity contribution in [1.82, 2.24) is 0 Å². The van der Waals surface area contributed by atoms with E-state index in [1.807, 2.05) is 0 Å². The van der Waals surface area contributed by atoms with Gasteiger partial charge in [0.15, 0.2) is 0 Å². The molecular formula is C34H29N. The molecule has 170 valence electrons. The van der Waals surface area contributed by atoms with E-state index in [9.17, 15) is 0 Å². The highest BCUT2D eigenvalue weighted by atomic mass is 15.1. The first-order valence-electron chi connectivity index (χ1n) is 12.4. The molecular weight excluding hydrogens is 422 g/mol. The normalized spacial score (nSPS) is 11.9. The summed E-state index contributed by atoms with van der Waals surface area (Å²) in [5.74, 6) is 0.521. The van der Waals surface area contributed by atoms with Crippen LogP contribution in [0.4, 0.5) is 17.1 Å². The Balaban J connectivity index is 1.36. The third kappa shape index (κ3) is 4.04. The molecule has 0 bridgehead atoms. The lowest BCUT2D eigenvalue weighted by molar-refractivity contribution is 0.866. The maximum atomic E-state index is 2.36. The predicted octanol–water partition coefficient (Wildman–Crippen LogP) is 9.52. The van der Waals surface area contributed by atoms with Crippen molar-refractivity contribution in [3.05, 3.63) is 138 Å². The van der Waals surface area contributed by atoms with Crippen LogP contribution < -0.4 is 4.90 Å². The molecule has 5 aromatic carbocycles. The summed E-state index contributed by atoms with van der Waals surface area (Å²) in [4.78, 5) is 2.33. The van der Waals surface area contributed by atoms with Crippen molar-refractivity contribution in [3.8, 4) is 22.3 Å². The van der Waals surface area contributed by atoms with E-state index in [4.69, 9.17) is 0 Å². The average Bonchev–Trinajstić information content (AvgIpc) is 3.28. The molecule has 0 heterocycles. The molecule has 0 aliphatic heterocycles. The van der Waals surface area contributed by atoms with Crippen molar-refractivity contribution in [1.29, 1.82) is 0 Å². The van der Waals surface area contributed by atoms with Gasteiger partial charge in [0.05, 0.1) is 0 Å². The Bertz CT molecular complexity index is 1460. The topological polar surface area (TPSA) is 3.24 Å². The zero-order valence-electron chi connectivity index (χ0n) is 20.3. The molecule has 1 nitrogen and oxygen atoms in total. The Labute approximate surface area is 208 Å². The minimum absolute atomic E-state index is 0.521. The lowest BCUT2D eigenvalue weighted by Crippen LogP contribution is -2.09. The second-order valence-electron chi connectivity index (χ2n) is 9.67. The van der Waals surface area contributed by atoms with E-state index in [2.05, 4.69) is 140 Å². The number of anilines is 3. The van der Waals surface area contributed by atoms with Gasteiger partial charge in [-0.1, -0.05) is 92.7 Å². The summed E-state index contributed by atoms with van der Waals surface area (Å²) in [6, 6.07) is 44.2. The highest BCUT2D eigenvalue weighted by molar-refractivity contribution is 5.83. The van der Waals surface area contributed by atoms with E-state index in [1.165, 1.54) is 44.6 Å². The van der Waals surface area contributed by atoms with Crippen LogP contribution in [0, 0.1) is 0 Å². The van der Waals surface area contributed by atoms with Crippen LogP contribution in [0.2, 0.25) is 0 Å². The Kier molecular flexibility index (Phi) is 5.47. The molecule has 0 unspecified atom stereocenters. The van der Waals surface area contributed by atoms with E-state index in [1.54, 1.807) is 0 Å². The van der Waals surface area contributed by atoms with Crippen molar-refractivity contribution in [2.75, 3.05) is 4.90 Å². The quantitative estimate of drug-likeness (QED) is 0.252. The van der Waals surface area contributed by atoms with E-state index >= 15 is 0 Å². The fraction of sp³-hybridized carbons (Fsp3) is 0.118. The zero-order valence-corrected chi connectivity index (χ0v) is 20.3. The van der Waals surface area contributed by atoms with Crippen LogP contribution in [0.5, 0.6) is 0 Å². The molecule has 5 aromatic rings. The summed E-state index contributed by atoms with van der Waals surface area (Å²) in [5, 5.41) is 0. The fourth-order valence-corrected chi connectivity index (χ4v) is 5.14. The largest absolute Gasteiger partial charge is 0.311 e. The summed E-state index contributed by atoms with van der Waals surface area (Å²) in [6.45, 7) is 4.47. The monoisotopic (exact) mass is 451 g/mol. The van der Waals surface area contributed by atoms with E-state index in [-0.39, 0.29) is 0 Å². The first-order chi connectivity index (χ1) is 17.2. The summed E-state index contributed by atoms with van der Waals surface area (Å²) >= 11 is 0. The molecule has 1 aliphatic carbocycles. The van der Waals surface area contributed by atoms with E-state index in [0.717, 1.165) is 17.8 Å². The fourth-order valence-electron chi connectivity index (χ4n) is 5.14. The Hall–Kier alpha value is -4.10. The van der Waals surface area contributed by atoms with Crippen LogP contribution in [0.1, 0.15) is 36.5 Å². The van der Waals surface area contributed by atoms with Crippen LogP contribution in [0.25, 0.3) is 22.3 Å². The van der Waals surface area contributed by atoms with Gasteiger partial charge in [0.1, 0.15) is 0 Å². The highest BCUT2D eigenvalue weighted by Crippen LogP contribution is 2.40. The van der Waals surface area contributed by atoms with Crippen molar-refractivity contribution >= 4 is 17.1 Å². The second kappa shape index (κ2) is 8.92. The lowest BCUT2D eigenvalue weighted by Gasteiger charge is -2.26. The maximum absolute atomic E-state index is 2.36. The summed E-state index contributed by atoms with van der Waals surface area (Å²) in [6.07, 6.45) is 1.03. The Morgan fingerprint density at radius 1 is 0.514 bits per heavy atom. The molecule has 35 heavy (non-hydrogen) atoms. The third-order valence-corrected chi connectivity index (χ3v) is 7.09. The SMILES string of the molecule is CC(C)c1ccc(N(c2ccccc2)c2ccc(-c3ccc4c(c3)-c3ccccc3C4)cc2)cc1. The standard InChI is InChI=1S/C34H29N/c1-24(2)25-14-18-31(19-15-25)35(30-9-4-3-5-10-30)32-20-16-26(17-21-32)27-12-13-29-22-28-8-6-7-11-33(28)34(29)23-27/h3-21,23-24H,22H2,1-2H3. The summed E-state index contributed by atoms with van der Waals surface area (Å²) in [7, 11) is 0. The molecule has 1 heteroatoms. The number of nitrogens with zero attached hydrogens (tertiary/aromatic N) is 1. The van der Waals surface area contributed by atoms with Crippen molar-refractivity contribution in [2.45, 2.75) is 26.2 Å². The van der Waals surface area contributed by atoms with Crippen LogP contribution in [0.3, 0.4) is 0 Å². The molecule has 0 spiro atoms. The van der Waals surface area contributed by atoms with Gasteiger partial charge in [0.25, 0.3) is 0 Å². The van der Waals surface area contributed by atoms with Gasteiger partial charge in [-0.15, -0.1) is 0 Å². The van der Waals surface area contributed by atoms with Crippen LogP contribution in [0.15, 0.2) is 121 Å². The molecule has 0 atom stereocenters. The first-order valence-corrected chi connectivity index (χ1v) is 12.4. The minimum atomic E-state index is 0.521. The smallest absolute Gasteiger partial charge is 0.0462 e. The molecule has 0 aromatic heterocycles. The molecule has 0 saturated heterocycles. The van der Waals surface area contributed by atoms with Gasteiger partial charge in [-0.3, -0.25) is 0 Å². The van der Waals surface area contributed by atoms with Gasteiger partial charge in [0, 0.05) is 17.1 Å². The number of fused-ring (bicyclic) bond motifs is 3. The predicted molar refractivity (Wildman–Crippen MR) is 149 cm³/mol. The van der Waals surface area contributed by atoms with Crippen LogP contribution >= 0.6 is 0 Å². The van der Waals surface area contributed by atoms with E-state index < -0.39 is 0 Å². The maximum Gasteiger partial charge on any atom is 0.0462 e. The number of hydrogen-bond donors (Lipinski definition) is 0. The van der Waals surface area contributed by atoms with Gasteiger partial charge in [-0.05, 0) is 93.7 Å². The van der Waals surface area contributed by atoms with Crippen molar-refractivity contribution in [2.24, 2.45) is 0 Å². The van der Waals surface area contributed by atoms with E-state index in [0.29, 0.717) is 5.92 Å². The van der Waals surface area contributed by atoms with Crippen molar-refractivity contribution < 1.29 is 0 Å². The Morgan fingerprint density at radius 2 is 1.09 bits per heavy atom. The van der Waals surface area contributed by atoms with Gasteiger partial charge < -0.3 is 4.90 Å². The number of para-hydroxylation sites is 1. The van der Waals surface area contributed by atoms with Crippen LogP contribution in [-0.4, -0.2) is 0 Å². The molecule has 0 saturated carbocycles. The zero-order chi connectivity index (χ0) is 23.8. The van der Waals surface area contributed by atoms with Gasteiger partial charge >= 0.3 is 0 Å². The lowest BCUT2D eigenvalue weighted by atomic mass is 9.98. The second-order valence-corrected chi connectivity index (χ2v) is 9.67. The van der Waals surface area contributed by atoms with Gasteiger partial charge in [-0.2, -0.15) is 0 Å². The average molecular weight is 452 g/mol. The first kappa shape index (κ1) is 21.4. The molecule has 6 rings (SSSR count). The molecule has 1 aliphatic rings.